The number of phenols is 1. The molecule has 2 aromatic rings. The lowest BCUT2D eigenvalue weighted by Gasteiger charge is -2.17. The summed E-state index contributed by atoms with van der Waals surface area (Å²) < 4.78 is 0. The van der Waals surface area contributed by atoms with Crippen molar-refractivity contribution in [2.45, 2.75) is 13.8 Å². The molecule has 2 aromatic carbocycles. The topological polar surface area (TPSA) is 52.6 Å². The first-order valence-electron chi connectivity index (χ1n) is 6.78. The third kappa shape index (κ3) is 3.16. The van der Waals surface area contributed by atoms with Crippen LogP contribution in [0.1, 0.15) is 21.5 Å². The van der Waals surface area contributed by atoms with Crippen molar-refractivity contribution >= 4 is 17.3 Å². The molecule has 0 aliphatic rings. The van der Waals surface area contributed by atoms with Gasteiger partial charge >= 0.3 is 0 Å². The lowest BCUT2D eigenvalue weighted by Crippen LogP contribution is -2.15. The first-order valence-corrected chi connectivity index (χ1v) is 6.78. The van der Waals surface area contributed by atoms with Gasteiger partial charge in [0.1, 0.15) is 5.75 Å². The fraction of sp³-hybridized carbons (Fsp3) is 0.235. The van der Waals surface area contributed by atoms with Gasteiger partial charge in [-0.05, 0) is 43.7 Å². The minimum absolute atomic E-state index is 0.125. The van der Waals surface area contributed by atoms with Crippen LogP contribution in [0.25, 0.3) is 0 Å². The number of amides is 1. The number of rotatable bonds is 3. The Labute approximate surface area is 125 Å². The molecule has 0 atom stereocenters. The maximum Gasteiger partial charge on any atom is 0.256 e. The van der Waals surface area contributed by atoms with E-state index in [0.717, 1.165) is 16.9 Å². The number of nitrogens with zero attached hydrogens (tertiary/aromatic N) is 1. The van der Waals surface area contributed by atoms with Crippen molar-refractivity contribution in [2.75, 3.05) is 24.3 Å². The monoisotopic (exact) mass is 284 g/mol. The fourth-order valence-electron chi connectivity index (χ4n) is 2.24. The second-order valence-corrected chi connectivity index (χ2v) is 5.30. The molecular formula is C17H20N2O2. The first-order chi connectivity index (χ1) is 9.90. The minimum Gasteiger partial charge on any atom is -0.508 e. The molecule has 1 amide bonds. The minimum atomic E-state index is -0.225. The molecule has 0 bridgehead atoms. The molecule has 0 aliphatic carbocycles. The maximum atomic E-state index is 12.3. The van der Waals surface area contributed by atoms with Gasteiger partial charge in [0.15, 0.2) is 0 Å². The number of carbonyl (C=O) groups excluding carboxylic acids is 1. The van der Waals surface area contributed by atoms with Gasteiger partial charge in [-0.1, -0.05) is 12.1 Å². The van der Waals surface area contributed by atoms with Gasteiger partial charge in [-0.3, -0.25) is 4.79 Å². The van der Waals surface area contributed by atoms with Crippen LogP contribution in [-0.2, 0) is 0 Å². The summed E-state index contributed by atoms with van der Waals surface area (Å²) in [6, 6.07) is 10.7. The average molecular weight is 284 g/mol. The average Bonchev–Trinajstić information content (AvgIpc) is 2.43. The van der Waals surface area contributed by atoms with Crippen LogP contribution in [-0.4, -0.2) is 25.1 Å². The largest absolute Gasteiger partial charge is 0.508 e. The van der Waals surface area contributed by atoms with E-state index < -0.39 is 0 Å². The highest BCUT2D eigenvalue weighted by atomic mass is 16.3. The third-order valence-electron chi connectivity index (χ3n) is 3.50. The third-order valence-corrected chi connectivity index (χ3v) is 3.50. The van der Waals surface area contributed by atoms with Crippen LogP contribution in [0.5, 0.6) is 5.75 Å². The Bertz CT molecular complexity index is 678. The predicted octanol–water partition coefficient (Wildman–Crippen LogP) is 3.33. The van der Waals surface area contributed by atoms with Crippen LogP contribution in [0.3, 0.4) is 0 Å². The SMILES string of the molecule is Cc1ccc(NC(=O)c2cccc(O)c2C)cc1N(C)C. The molecule has 0 saturated heterocycles. The molecule has 4 nitrogen and oxygen atoms in total. The van der Waals surface area contributed by atoms with E-state index in [1.165, 1.54) is 0 Å². The zero-order valence-corrected chi connectivity index (χ0v) is 12.8. The van der Waals surface area contributed by atoms with Gasteiger partial charge in [-0.25, -0.2) is 0 Å². The standard InChI is InChI=1S/C17H20N2O2/c1-11-8-9-13(10-15(11)19(3)4)18-17(21)14-6-5-7-16(20)12(14)2/h5-10,20H,1-4H3,(H,18,21). The Morgan fingerprint density at radius 3 is 2.52 bits per heavy atom. The molecule has 0 saturated carbocycles. The maximum absolute atomic E-state index is 12.3. The van der Waals surface area contributed by atoms with Crippen molar-refractivity contribution in [3.05, 3.63) is 53.1 Å². The molecule has 0 aliphatic heterocycles. The van der Waals surface area contributed by atoms with Crippen molar-refractivity contribution in [1.82, 2.24) is 0 Å². The molecule has 110 valence electrons. The molecule has 0 fully saturated rings. The number of hydrogen-bond acceptors (Lipinski definition) is 3. The molecule has 0 spiro atoms. The molecule has 0 unspecified atom stereocenters. The molecule has 2 N–H and O–H groups in total. The van der Waals surface area contributed by atoms with Gasteiger partial charge in [-0.2, -0.15) is 0 Å². The Balaban J connectivity index is 2.28. The molecular weight excluding hydrogens is 264 g/mol. The van der Waals surface area contributed by atoms with Gasteiger partial charge in [0.2, 0.25) is 0 Å². The number of anilines is 2. The molecule has 0 heterocycles. The summed E-state index contributed by atoms with van der Waals surface area (Å²) in [5.74, 6) is -0.0995. The van der Waals surface area contributed by atoms with Gasteiger partial charge in [0, 0.05) is 36.6 Å². The second-order valence-electron chi connectivity index (χ2n) is 5.30. The first kappa shape index (κ1) is 14.9. The van der Waals surface area contributed by atoms with Gasteiger partial charge in [0.25, 0.3) is 5.91 Å². The van der Waals surface area contributed by atoms with Crippen molar-refractivity contribution in [1.29, 1.82) is 0 Å². The molecule has 4 heteroatoms. The Morgan fingerprint density at radius 2 is 1.86 bits per heavy atom. The number of aryl methyl sites for hydroxylation is 1. The van der Waals surface area contributed by atoms with Gasteiger partial charge in [0.05, 0.1) is 0 Å². The number of aromatic hydroxyl groups is 1. The fourth-order valence-corrected chi connectivity index (χ4v) is 2.24. The zero-order chi connectivity index (χ0) is 15.6. The van der Waals surface area contributed by atoms with Crippen LogP contribution >= 0.6 is 0 Å². The lowest BCUT2D eigenvalue weighted by atomic mass is 10.1. The van der Waals surface area contributed by atoms with Crippen LogP contribution in [0.15, 0.2) is 36.4 Å². The highest BCUT2D eigenvalue weighted by molar-refractivity contribution is 6.05. The van der Waals surface area contributed by atoms with Crippen molar-refractivity contribution in [3.8, 4) is 5.75 Å². The summed E-state index contributed by atoms with van der Waals surface area (Å²) in [4.78, 5) is 14.3. The number of nitrogens with one attached hydrogen (secondary N) is 1. The highest BCUT2D eigenvalue weighted by Gasteiger charge is 2.12. The van der Waals surface area contributed by atoms with E-state index in [1.54, 1.807) is 25.1 Å². The molecule has 0 aromatic heterocycles. The van der Waals surface area contributed by atoms with E-state index in [4.69, 9.17) is 0 Å². The van der Waals surface area contributed by atoms with Gasteiger partial charge < -0.3 is 15.3 Å². The number of benzene rings is 2. The summed E-state index contributed by atoms with van der Waals surface area (Å²) in [6.07, 6.45) is 0. The quantitative estimate of drug-likeness (QED) is 0.909. The van der Waals surface area contributed by atoms with Crippen molar-refractivity contribution < 1.29 is 9.90 Å². The summed E-state index contributed by atoms with van der Waals surface area (Å²) in [5.41, 5.74) is 3.99. The number of hydrogen-bond donors (Lipinski definition) is 2. The van der Waals surface area contributed by atoms with E-state index in [9.17, 15) is 9.90 Å². The van der Waals surface area contributed by atoms with E-state index in [1.807, 2.05) is 44.1 Å². The zero-order valence-electron chi connectivity index (χ0n) is 12.8. The van der Waals surface area contributed by atoms with E-state index >= 15 is 0 Å². The number of phenolic OH excluding ortho intramolecular Hbond substituents is 1. The lowest BCUT2D eigenvalue weighted by molar-refractivity contribution is 0.102. The normalized spacial score (nSPS) is 10.3. The second kappa shape index (κ2) is 5.87. The van der Waals surface area contributed by atoms with Crippen molar-refractivity contribution in [3.63, 3.8) is 0 Å². The molecule has 21 heavy (non-hydrogen) atoms. The van der Waals surface area contributed by atoms with Crippen LogP contribution in [0.2, 0.25) is 0 Å². The number of carbonyl (C=O) groups is 1. The highest BCUT2D eigenvalue weighted by Crippen LogP contribution is 2.24. The van der Waals surface area contributed by atoms with Crippen LogP contribution in [0.4, 0.5) is 11.4 Å². The van der Waals surface area contributed by atoms with E-state index in [0.29, 0.717) is 11.1 Å². The molecule has 2 rings (SSSR count). The molecule has 0 radical (unpaired) electrons. The van der Waals surface area contributed by atoms with Crippen LogP contribution < -0.4 is 10.2 Å². The van der Waals surface area contributed by atoms with Crippen molar-refractivity contribution in [2.24, 2.45) is 0 Å². The van der Waals surface area contributed by atoms with E-state index in [2.05, 4.69) is 5.32 Å². The summed E-state index contributed by atoms with van der Waals surface area (Å²) >= 11 is 0. The Hall–Kier alpha value is -2.49. The summed E-state index contributed by atoms with van der Waals surface area (Å²) in [6.45, 7) is 3.75. The van der Waals surface area contributed by atoms with Gasteiger partial charge in [-0.15, -0.1) is 0 Å². The van der Waals surface area contributed by atoms with E-state index in [-0.39, 0.29) is 11.7 Å². The summed E-state index contributed by atoms with van der Waals surface area (Å²) in [7, 11) is 3.93. The Kier molecular flexibility index (Phi) is 4.17. The predicted molar refractivity (Wildman–Crippen MR) is 86.3 cm³/mol. The smallest absolute Gasteiger partial charge is 0.256 e. The summed E-state index contributed by atoms with van der Waals surface area (Å²) in [5, 5.41) is 12.6. The Morgan fingerprint density at radius 1 is 1.14 bits per heavy atom. The van der Waals surface area contributed by atoms with Crippen LogP contribution in [0, 0.1) is 13.8 Å².